The average molecular weight is 236 g/mol. The summed E-state index contributed by atoms with van der Waals surface area (Å²) >= 11 is 0. The number of esters is 1. The normalized spacial score (nSPS) is 11.7. The van der Waals surface area contributed by atoms with E-state index in [-0.39, 0.29) is 5.91 Å². The molecule has 1 aromatic carbocycles. The maximum atomic E-state index is 11.8. The summed E-state index contributed by atoms with van der Waals surface area (Å²) in [7, 11) is 1.48. The lowest BCUT2D eigenvalue weighted by Gasteiger charge is -2.13. The molecule has 0 saturated heterocycles. The summed E-state index contributed by atoms with van der Waals surface area (Å²) in [5.41, 5.74) is 7.08. The SMILES string of the molecule is CNC(=O)C(C)OC(=O)c1c(C)cccc1N. The summed E-state index contributed by atoms with van der Waals surface area (Å²) < 4.78 is 5.02. The lowest BCUT2D eigenvalue weighted by Crippen LogP contribution is -2.33. The van der Waals surface area contributed by atoms with Crippen LogP contribution in [-0.2, 0) is 9.53 Å². The first kappa shape index (κ1) is 13.0. The Kier molecular flexibility index (Phi) is 4.09. The van der Waals surface area contributed by atoms with Gasteiger partial charge in [0.2, 0.25) is 0 Å². The Balaban J connectivity index is 2.87. The molecule has 0 aliphatic heterocycles. The number of benzene rings is 1. The van der Waals surface area contributed by atoms with Crippen molar-refractivity contribution in [1.82, 2.24) is 5.32 Å². The van der Waals surface area contributed by atoms with Crippen LogP contribution in [0.3, 0.4) is 0 Å². The molecule has 92 valence electrons. The van der Waals surface area contributed by atoms with Crippen LogP contribution in [0.4, 0.5) is 5.69 Å². The van der Waals surface area contributed by atoms with E-state index < -0.39 is 12.1 Å². The number of carbonyl (C=O) groups excluding carboxylic acids is 2. The number of likely N-dealkylation sites (N-methyl/N-ethyl adjacent to an activating group) is 1. The zero-order chi connectivity index (χ0) is 13.0. The second-order valence-corrected chi connectivity index (χ2v) is 3.70. The minimum Gasteiger partial charge on any atom is -0.449 e. The highest BCUT2D eigenvalue weighted by molar-refractivity contribution is 5.98. The van der Waals surface area contributed by atoms with Crippen LogP contribution in [0.5, 0.6) is 0 Å². The highest BCUT2D eigenvalue weighted by Crippen LogP contribution is 2.17. The lowest BCUT2D eigenvalue weighted by atomic mass is 10.1. The van der Waals surface area contributed by atoms with Crippen molar-refractivity contribution in [3.63, 3.8) is 0 Å². The Labute approximate surface area is 99.9 Å². The fourth-order valence-electron chi connectivity index (χ4n) is 1.45. The summed E-state index contributed by atoms with van der Waals surface area (Å²) in [6.45, 7) is 3.27. The van der Waals surface area contributed by atoms with Crippen LogP contribution in [0, 0.1) is 6.92 Å². The largest absolute Gasteiger partial charge is 0.449 e. The Morgan fingerprint density at radius 1 is 1.41 bits per heavy atom. The molecular formula is C12H16N2O3. The zero-order valence-electron chi connectivity index (χ0n) is 10.1. The van der Waals surface area contributed by atoms with Crippen LogP contribution in [0.15, 0.2) is 18.2 Å². The van der Waals surface area contributed by atoms with Gasteiger partial charge < -0.3 is 15.8 Å². The number of nitrogens with one attached hydrogen (secondary N) is 1. The number of aryl methyl sites for hydroxylation is 1. The highest BCUT2D eigenvalue weighted by Gasteiger charge is 2.20. The molecule has 1 atom stereocenters. The van der Waals surface area contributed by atoms with Crippen molar-refractivity contribution >= 4 is 17.6 Å². The van der Waals surface area contributed by atoms with Crippen LogP contribution >= 0.6 is 0 Å². The van der Waals surface area contributed by atoms with Crippen molar-refractivity contribution in [2.45, 2.75) is 20.0 Å². The number of carbonyl (C=O) groups is 2. The Hall–Kier alpha value is -2.04. The van der Waals surface area contributed by atoms with E-state index in [9.17, 15) is 9.59 Å². The van der Waals surface area contributed by atoms with E-state index >= 15 is 0 Å². The minimum absolute atomic E-state index is 0.309. The maximum Gasteiger partial charge on any atom is 0.341 e. The molecule has 0 fully saturated rings. The molecule has 0 spiro atoms. The Morgan fingerprint density at radius 3 is 2.59 bits per heavy atom. The monoisotopic (exact) mass is 236 g/mol. The quantitative estimate of drug-likeness (QED) is 0.602. The van der Waals surface area contributed by atoms with E-state index in [4.69, 9.17) is 10.5 Å². The topological polar surface area (TPSA) is 81.4 Å². The van der Waals surface area contributed by atoms with Gasteiger partial charge >= 0.3 is 5.97 Å². The van der Waals surface area contributed by atoms with Gasteiger partial charge in [-0.1, -0.05) is 12.1 Å². The van der Waals surface area contributed by atoms with E-state index in [1.54, 1.807) is 25.1 Å². The van der Waals surface area contributed by atoms with Crippen LogP contribution in [0.1, 0.15) is 22.8 Å². The van der Waals surface area contributed by atoms with Crippen LogP contribution in [0.25, 0.3) is 0 Å². The number of nitrogens with two attached hydrogens (primary N) is 1. The predicted molar refractivity (Wildman–Crippen MR) is 64.5 cm³/mol. The van der Waals surface area contributed by atoms with Crippen molar-refractivity contribution in [1.29, 1.82) is 0 Å². The number of anilines is 1. The van der Waals surface area contributed by atoms with Gasteiger partial charge in [-0.15, -0.1) is 0 Å². The first-order chi connectivity index (χ1) is 7.97. The molecule has 0 heterocycles. The average Bonchev–Trinajstić information content (AvgIpc) is 2.27. The molecule has 0 aliphatic rings. The molecule has 5 heteroatoms. The van der Waals surface area contributed by atoms with Crippen molar-refractivity contribution < 1.29 is 14.3 Å². The summed E-state index contributed by atoms with van der Waals surface area (Å²) in [5.74, 6) is -0.942. The number of amides is 1. The van der Waals surface area contributed by atoms with Gasteiger partial charge in [0, 0.05) is 12.7 Å². The number of nitrogen functional groups attached to an aromatic ring is 1. The maximum absolute atomic E-state index is 11.8. The number of ether oxygens (including phenoxy) is 1. The molecule has 1 unspecified atom stereocenters. The molecular weight excluding hydrogens is 220 g/mol. The molecule has 0 radical (unpaired) electrons. The van der Waals surface area contributed by atoms with Crippen molar-refractivity contribution in [2.24, 2.45) is 0 Å². The lowest BCUT2D eigenvalue weighted by molar-refractivity contribution is -0.128. The number of hydrogen-bond acceptors (Lipinski definition) is 4. The molecule has 0 bridgehead atoms. The first-order valence-corrected chi connectivity index (χ1v) is 5.25. The third-order valence-electron chi connectivity index (χ3n) is 2.41. The number of rotatable bonds is 3. The molecule has 5 nitrogen and oxygen atoms in total. The second kappa shape index (κ2) is 5.34. The third kappa shape index (κ3) is 2.96. The van der Waals surface area contributed by atoms with E-state index in [1.165, 1.54) is 14.0 Å². The highest BCUT2D eigenvalue weighted by atomic mass is 16.5. The fourth-order valence-corrected chi connectivity index (χ4v) is 1.45. The van der Waals surface area contributed by atoms with Gasteiger partial charge in [-0.05, 0) is 25.5 Å². The molecule has 0 aliphatic carbocycles. The second-order valence-electron chi connectivity index (χ2n) is 3.70. The Bertz CT molecular complexity index is 423. The van der Waals surface area contributed by atoms with Crippen LogP contribution < -0.4 is 11.1 Å². The van der Waals surface area contributed by atoms with Gasteiger partial charge in [0.05, 0.1) is 5.56 Å². The van der Waals surface area contributed by atoms with Gasteiger partial charge in [0.1, 0.15) is 0 Å². The predicted octanol–water partition coefficient (Wildman–Crippen LogP) is 0.869. The smallest absolute Gasteiger partial charge is 0.341 e. The van der Waals surface area contributed by atoms with Crippen LogP contribution in [0.2, 0.25) is 0 Å². The molecule has 17 heavy (non-hydrogen) atoms. The van der Waals surface area contributed by atoms with Gasteiger partial charge in [0.25, 0.3) is 5.91 Å². The summed E-state index contributed by atoms with van der Waals surface area (Å²) in [6, 6.07) is 5.13. The molecule has 0 saturated carbocycles. The number of hydrogen-bond donors (Lipinski definition) is 2. The third-order valence-corrected chi connectivity index (χ3v) is 2.41. The van der Waals surface area contributed by atoms with E-state index in [0.717, 1.165) is 5.56 Å². The summed E-state index contributed by atoms with van der Waals surface area (Å²) in [4.78, 5) is 23.1. The first-order valence-electron chi connectivity index (χ1n) is 5.25. The van der Waals surface area contributed by atoms with Gasteiger partial charge in [-0.3, -0.25) is 4.79 Å². The van der Waals surface area contributed by atoms with E-state index in [1.807, 2.05) is 0 Å². The van der Waals surface area contributed by atoms with Crippen molar-refractivity contribution in [2.75, 3.05) is 12.8 Å². The molecule has 1 rings (SSSR count). The van der Waals surface area contributed by atoms with Crippen molar-refractivity contribution in [3.05, 3.63) is 29.3 Å². The molecule has 0 aromatic heterocycles. The van der Waals surface area contributed by atoms with Crippen molar-refractivity contribution in [3.8, 4) is 0 Å². The van der Waals surface area contributed by atoms with E-state index in [2.05, 4.69) is 5.32 Å². The van der Waals surface area contributed by atoms with Gasteiger partial charge in [0.15, 0.2) is 6.10 Å². The Morgan fingerprint density at radius 2 is 2.06 bits per heavy atom. The standard InChI is InChI=1S/C12H16N2O3/c1-7-5-4-6-9(13)10(7)12(16)17-8(2)11(15)14-3/h4-6,8H,13H2,1-3H3,(H,14,15). The van der Waals surface area contributed by atoms with Gasteiger partial charge in [-0.2, -0.15) is 0 Å². The minimum atomic E-state index is -0.841. The molecule has 1 aromatic rings. The summed E-state index contributed by atoms with van der Waals surface area (Å²) in [6.07, 6.45) is -0.841. The summed E-state index contributed by atoms with van der Waals surface area (Å²) in [5, 5.41) is 2.40. The molecule has 1 amide bonds. The zero-order valence-corrected chi connectivity index (χ0v) is 10.1. The fraction of sp³-hybridized carbons (Fsp3) is 0.333. The van der Waals surface area contributed by atoms with Gasteiger partial charge in [-0.25, -0.2) is 4.79 Å². The molecule has 3 N–H and O–H groups in total. The van der Waals surface area contributed by atoms with E-state index in [0.29, 0.717) is 11.3 Å². The van der Waals surface area contributed by atoms with Crippen LogP contribution in [-0.4, -0.2) is 25.0 Å².